The van der Waals surface area contributed by atoms with E-state index in [2.05, 4.69) is 10.6 Å². The van der Waals surface area contributed by atoms with Gasteiger partial charge in [-0.1, -0.05) is 0 Å². The third kappa shape index (κ3) is 2.79. The highest BCUT2D eigenvalue weighted by atomic mass is 16.7. The molecule has 1 amide bonds. The summed E-state index contributed by atoms with van der Waals surface area (Å²) in [5.74, 6) is 0.189. The second-order valence-electron chi connectivity index (χ2n) is 5.18. The lowest BCUT2D eigenvalue weighted by Crippen LogP contribution is -2.34. The fourth-order valence-electron chi connectivity index (χ4n) is 2.70. The van der Waals surface area contributed by atoms with Gasteiger partial charge in [-0.2, -0.15) is 5.10 Å². The third-order valence-corrected chi connectivity index (χ3v) is 3.80. The molecule has 19 heavy (non-hydrogen) atoms. The molecular formula is C13H19N3O3. The molecule has 2 aliphatic rings. The van der Waals surface area contributed by atoms with Crippen molar-refractivity contribution in [3.63, 3.8) is 0 Å². The van der Waals surface area contributed by atoms with Crippen molar-refractivity contribution in [1.29, 1.82) is 0 Å². The summed E-state index contributed by atoms with van der Waals surface area (Å²) in [4.78, 5) is 17.4. The highest BCUT2D eigenvalue weighted by molar-refractivity contribution is 5.82. The van der Waals surface area contributed by atoms with E-state index < -0.39 is 0 Å². The maximum atomic E-state index is 12.1. The van der Waals surface area contributed by atoms with Gasteiger partial charge in [0.05, 0.1) is 24.8 Å². The number of rotatable bonds is 4. The summed E-state index contributed by atoms with van der Waals surface area (Å²) in [6, 6.07) is 1.91. The molecule has 0 radical (unpaired) electrons. The zero-order valence-electron chi connectivity index (χ0n) is 10.9. The van der Waals surface area contributed by atoms with E-state index in [1.807, 2.05) is 10.7 Å². The van der Waals surface area contributed by atoms with E-state index in [4.69, 9.17) is 9.57 Å². The quantitative estimate of drug-likeness (QED) is 0.819. The van der Waals surface area contributed by atoms with Crippen LogP contribution in [-0.4, -0.2) is 35.5 Å². The number of hydrogen-bond acceptors (Lipinski definition) is 4. The Kier molecular flexibility index (Phi) is 3.79. The predicted octanol–water partition coefficient (Wildman–Crippen LogP) is 0.845. The normalized spacial score (nSPS) is 26.1. The Morgan fingerprint density at radius 1 is 1.58 bits per heavy atom. The van der Waals surface area contributed by atoms with Crippen molar-refractivity contribution in [2.75, 3.05) is 19.8 Å². The lowest BCUT2D eigenvalue weighted by Gasteiger charge is -2.22. The molecule has 0 aliphatic carbocycles. The van der Waals surface area contributed by atoms with Crippen molar-refractivity contribution in [3.05, 3.63) is 18.0 Å². The Balaban J connectivity index is 1.51. The van der Waals surface area contributed by atoms with E-state index in [9.17, 15) is 4.79 Å². The van der Waals surface area contributed by atoms with E-state index in [1.165, 1.54) is 0 Å². The lowest BCUT2D eigenvalue weighted by molar-refractivity contribution is -0.136. The number of aromatic nitrogens is 2. The molecule has 6 heteroatoms. The molecule has 1 fully saturated rings. The monoisotopic (exact) mass is 265 g/mol. The summed E-state index contributed by atoms with van der Waals surface area (Å²) in [6.07, 6.45) is 4.58. The van der Waals surface area contributed by atoms with Crippen LogP contribution in [0.3, 0.4) is 0 Å². The average molecular weight is 265 g/mol. The number of fused-ring (bicyclic) bond motifs is 1. The standard InChI is InChI=1S/C13H19N3O3/c17-13(15-19-9-10-4-7-18-8-10)11-2-1-6-16-12(11)3-5-14-16/h3,5,10-11H,1-2,4,6-9H2,(H,15,17). The van der Waals surface area contributed by atoms with E-state index in [0.717, 1.165) is 44.7 Å². The summed E-state index contributed by atoms with van der Waals surface area (Å²) in [6.45, 7) is 2.94. The topological polar surface area (TPSA) is 65.4 Å². The van der Waals surface area contributed by atoms with E-state index in [1.54, 1.807) is 6.20 Å². The Morgan fingerprint density at radius 3 is 3.37 bits per heavy atom. The molecule has 1 aromatic heterocycles. The zero-order valence-corrected chi connectivity index (χ0v) is 10.9. The Bertz CT molecular complexity index is 440. The molecule has 104 valence electrons. The van der Waals surface area contributed by atoms with Crippen LogP contribution < -0.4 is 5.48 Å². The minimum Gasteiger partial charge on any atom is -0.381 e. The van der Waals surface area contributed by atoms with Crippen molar-refractivity contribution in [1.82, 2.24) is 15.3 Å². The molecule has 1 aromatic rings. The maximum Gasteiger partial charge on any atom is 0.252 e. The van der Waals surface area contributed by atoms with Gasteiger partial charge < -0.3 is 4.74 Å². The number of nitrogens with one attached hydrogen (secondary N) is 1. The van der Waals surface area contributed by atoms with Gasteiger partial charge in [-0.15, -0.1) is 0 Å². The maximum absolute atomic E-state index is 12.1. The fraction of sp³-hybridized carbons (Fsp3) is 0.692. The van der Waals surface area contributed by atoms with Gasteiger partial charge in [0.1, 0.15) is 0 Å². The number of aryl methyl sites for hydroxylation is 1. The summed E-state index contributed by atoms with van der Waals surface area (Å²) < 4.78 is 7.16. The second kappa shape index (κ2) is 5.71. The van der Waals surface area contributed by atoms with Gasteiger partial charge in [-0.05, 0) is 25.3 Å². The SMILES string of the molecule is O=C(NOCC1CCOC1)C1CCCn2nccc21. The summed E-state index contributed by atoms with van der Waals surface area (Å²) in [7, 11) is 0. The van der Waals surface area contributed by atoms with Crippen LogP contribution in [0.5, 0.6) is 0 Å². The van der Waals surface area contributed by atoms with Crippen LogP contribution in [0.25, 0.3) is 0 Å². The molecule has 3 heterocycles. The number of carbonyl (C=O) groups excluding carboxylic acids is 1. The van der Waals surface area contributed by atoms with Crippen LogP contribution in [0.4, 0.5) is 0 Å². The molecule has 2 unspecified atom stereocenters. The van der Waals surface area contributed by atoms with Crippen molar-refractivity contribution in [2.24, 2.45) is 5.92 Å². The Hall–Kier alpha value is -1.40. The Labute approximate surface area is 112 Å². The first-order chi connectivity index (χ1) is 9.34. The zero-order chi connectivity index (χ0) is 13.1. The van der Waals surface area contributed by atoms with Gasteiger partial charge in [0.2, 0.25) is 0 Å². The molecule has 0 saturated carbocycles. The van der Waals surface area contributed by atoms with Crippen LogP contribution in [0.15, 0.2) is 12.3 Å². The molecular weight excluding hydrogens is 246 g/mol. The molecule has 2 atom stereocenters. The molecule has 0 bridgehead atoms. The lowest BCUT2D eigenvalue weighted by atomic mass is 9.96. The summed E-state index contributed by atoms with van der Waals surface area (Å²) in [5.41, 5.74) is 3.56. The molecule has 3 rings (SSSR count). The van der Waals surface area contributed by atoms with E-state index in [0.29, 0.717) is 12.5 Å². The molecule has 1 N–H and O–H groups in total. The predicted molar refractivity (Wildman–Crippen MR) is 67.2 cm³/mol. The number of amides is 1. The van der Waals surface area contributed by atoms with Gasteiger partial charge >= 0.3 is 0 Å². The number of carbonyl (C=O) groups is 1. The van der Waals surface area contributed by atoms with Gasteiger partial charge in [0.25, 0.3) is 5.91 Å². The summed E-state index contributed by atoms with van der Waals surface area (Å²) in [5, 5.41) is 4.21. The van der Waals surface area contributed by atoms with Gasteiger partial charge in [-0.25, -0.2) is 5.48 Å². The number of ether oxygens (including phenoxy) is 1. The van der Waals surface area contributed by atoms with Gasteiger partial charge in [0, 0.05) is 25.3 Å². The highest BCUT2D eigenvalue weighted by Crippen LogP contribution is 2.26. The molecule has 6 nitrogen and oxygen atoms in total. The minimum absolute atomic E-state index is 0.0691. The van der Waals surface area contributed by atoms with Crippen LogP contribution in [-0.2, 0) is 20.9 Å². The summed E-state index contributed by atoms with van der Waals surface area (Å²) >= 11 is 0. The second-order valence-corrected chi connectivity index (χ2v) is 5.18. The smallest absolute Gasteiger partial charge is 0.252 e. The van der Waals surface area contributed by atoms with Crippen LogP contribution in [0, 0.1) is 5.92 Å². The van der Waals surface area contributed by atoms with Crippen molar-refractivity contribution < 1.29 is 14.4 Å². The molecule has 1 saturated heterocycles. The van der Waals surface area contributed by atoms with Crippen LogP contribution in [0.2, 0.25) is 0 Å². The largest absolute Gasteiger partial charge is 0.381 e. The first-order valence-corrected chi connectivity index (χ1v) is 6.85. The van der Waals surface area contributed by atoms with Crippen LogP contribution in [0.1, 0.15) is 30.9 Å². The van der Waals surface area contributed by atoms with Gasteiger partial charge in [-0.3, -0.25) is 14.3 Å². The van der Waals surface area contributed by atoms with Crippen molar-refractivity contribution >= 4 is 5.91 Å². The number of hydroxylamine groups is 1. The van der Waals surface area contributed by atoms with Crippen molar-refractivity contribution in [3.8, 4) is 0 Å². The third-order valence-electron chi connectivity index (χ3n) is 3.80. The first kappa shape index (κ1) is 12.6. The van der Waals surface area contributed by atoms with E-state index >= 15 is 0 Å². The van der Waals surface area contributed by atoms with Gasteiger partial charge in [0.15, 0.2) is 0 Å². The van der Waals surface area contributed by atoms with E-state index in [-0.39, 0.29) is 11.8 Å². The fourth-order valence-corrected chi connectivity index (χ4v) is 2.70. The first-order valence-electron chi connectivity index (χ1n) is 6.85. The van der Waals surface area contributed by atoms with Crippen LogP contribution >= 0.6 is 0 Å². The van der Waals surface area contributed by atoms with Crippen molar-refractivity contribution in [2.45, 2.75) is 31.7 Å². The molecule has 0 aromatic carbocycles. The minimum atomic E-state index is -0.143. The highest BCUT2D eigenvalue weighted by Gasteiger charge is 2.27. The molecule has 0 spiro atoms. The average Bonchev–Trinajstić information content (AvgIpc) is 3.08. The number of nitrogens with zero attached hydrogens (tertiary/aromatic N) is 2. The Morgan fingerprint density at radius 2 is 2.53 bits per heavy atom. The number of hydrogen-bond donors (Lipinski definition) is 1. The molecule has 2 aliphatic heterocycles.